The Balaban J connectivity index is 1.59. The van der Waals surface area contributed by atoms with Crippen LogP contribution in [-0.2, 0) is 41.6 Å². The van der Waals surface area contributed by atoms with Crippen molar-refractivity contribution in [2.75, 3.05) is 13.2 Å². The molecule has 1 fully saturated rings. The second-order valence-electron chi connectivity index (χ2n) is 9.65. The summed E-state index contributed by atoms with van der Waals surface area (Å²) in [6, 6.07) is 16.1. The Morgan fingerprint density at radius 1 is 1.03 bits per heavy atom. The van der Waals surface area contributed by atoms with Gasteiger partial charge in [-0.1, -0.05) is 49.4 Å². The molecule has 2 aromatic carbocycles. The highest BCUT2D eigenvalue weighted by molar-refractivity contribution is 5.98. The maximum Gasteiger partial charge on any atom is 0.305 e. The average molecular weight is 539 g/mol. The predicted molar refractivity (Wildman–Crippen MR) is 142 cm³/mol. The number of carbonyl (C=O) groups excluding carboxylic acids is 3. The number of aromatic amines is 1. The third-order valence-electron chi connectivity index (χ3n) is 6.73. The molecule has 1 aromatic heterocycles. The number of ether oxygens (including phenoxy) is 4. The van der Waals surface area contributed by atoms with Crippen molar-refractivity contribution < 1.29 is 38.4 Å². The summed E-state index contributed by atoms with van der Waals surface area (Å²) in [6.07, 6.45) is -1.92. The summed E-state index contributed by atoms with van der Waals surface area (Å²) in [7, 11) is 0. The number of aliphatic hydroxyl groups excluding tert-OH is 1. The number of carbonyl (C=O) groups is 3. The van der Waals surface area contributed by atoms with E-state index in [1.807, 2.05) is 55.5 Å². The van der Waals surface area contributed by atoms with Crippen LogP contribution in [0.4, 0.5) is 0 Å². The maximum atomic E-state index is 13.4. The first-order chi connectivity index (χ1) is 18.7. The number of hydrogen-bond acceptors (Lipinski definition) is 8. The maximum absolute atomic E-state index is 13.4. The van der Waals surface area contributed by atoms with Crippen LogP contribution in [0.2, 0.25) is 0 Å². The number of hydrogen-bond donors (Lipinski definition) is 3. The van der Waals surface area contributed by atoms with E-state index in [2.05, 4.69) is 10.3 Å². The van der Waals surface area contributed by atoms with Gasteiger partial charge in [0.1, 0.15) is 24.4 Å². The molecule has 0 saturated carbocycles. The molecule has 1 amide bonds. The Morgan fingerprint density at radius 3 is 2.41 bits per heavy atom. The number of nitrogens with one attached hydrogen (secondary N) is 2. The number of fused-ring (bicyclic) bond motifs is 1. The van der Waals surface area contributed by atoms with E-state index in [9.17, 15) is 14.4 Å². The number of aromatic nitrogens is 1. The number of rotatable bonds is 10. The number of para-hydroxylation sites is 1. The van der Waals surface area contributed by atoms with Gasteiger partial charge in [-0.25, -0.2) is 0 Å². The van der Waals surface area contributed by atoms with Crippen molar-refractivity contribution in [2.24, 2.45) is 5.92 Å². The lowest BCUT2D eigenvalue weighted by atomic mass is 9.88. The van der Waals surface area contributed by atoms with Crippen LogP contribution in [0.1, 0.15) is 42.4 Å². The molecule has 1 aliphatic heterocycles. The smallest absolute Gasteiger partial charge is 0.305 e. The lowest BCUT2D eigenvalue weighted by molar-refractivity contribution is -0.256. The average Bonchev–Trinajstić information content (AvgIpc) is 3.34. The van der Waals surface area contributed by atoms with E-state index >= 15 is 0 Å². The fraction of sp³-hybridized carbons (Fsp3) is 0.414. The first-order valence-corrected chi connectivity index (χ1v) is 12.9. The van der Waals surface area contributed by atoms with Gasteiger partial charge in [0.05, 0.1) is 12.7 Å². The van der Waals surface area contributed by atoms with Crippen LogP contribution in [0, 0.1) is 5.92 Å². The van der Waals surface area contributed by atoms with E-state index in [0.29, 0.717) is 12.1 Å². The molecule has 10 nitrogen and oxygen atoms in total. The monoisotopic (exact) mass is 538 g/mol. The number of amides is 1. The summed E-state index contributed by atoms with van der Waals surface area (Å²) in [4.78, 5) is 39.9. The third-order valence-corrected chi connectivity index (χ3v) is 6.73. The fourth-order valence-electron chi connectivity index (χ4n) is 4.68. The molecule has 0 spiro atoms. The standard InChI is InChI=1S/C29H34N2O8/c1-17-25(16-36-18(2)33)39-29(38-19(3)34)26(27(17)37-15-21-10-8-20(9-11-21)12-13-32)31-28(35)24-14-22-6-4-5-7-23(22)30-24/h4-11,14,17,25-27,29-30,32H,12-13,15-16H2,1-3H3,(H,31,35)/t17-,25?,26?,27-,29?/m0/s1. The second-order valence-corrected chi connectivity index (χ2v) is 9.65. The summed E-state index contributed by atoms with van der Waals surface area (Å²) in [5.74, 6) is -1.82. The first-order valence-electron chi connectivity index (χ1n) is 12.9. The van der Waals surface area contributed by atoms with Crippen LogP contribution in [0.15, 0.2) is 54.6 Å². The van der Waals surface area contributed by atoms with Gasteiger partial charge < -0.3 is 34.4 Å². The molecular weight excluding hydrogens is 504 g/mol. The number of esters is 2. The quantitative estimate of drug-likeness (QED) is 0.335. The van der Waals surface area contributed by atoms with Gasteiger partial charge in [-0.2, -0.15) is 0 Å². The minimum absolute atomic E-state index is 0.0628. The van der Waals surface area contributed by atoms with Gasteiger partial charge in [0.25, 0.3) is 5.91 Å². The SMILES string of the molecule is CC(=O)OCC1OC(OC(C)=O)C(NC(=O)c2cc3ccccc3[nH]2)[C@@H](OCc2ccc(CCO)cc2)[C@H]1C. The van der Waals surface area contributed by atoms with Gasteiger partial charge in [0.15, 0.2) is 0 Å². The minimum Gasteiger partial charge on any atom is -0.463 e. The van der Waals surface area contributed by atoms with E-state index in [1.54, 1.807) is 6.07 Å². The van der Waals surface area contributed by atoms with Crippen molar-refractivity contribution in [2.45, 2.75) is 58.3 Å². The Labute approximate surface area is 226 Å². The summed E-state index contributed by atoms with van der Waals surface area (Å²) in [5.41, 5.74) is 3.04. The number of aliphatic hydroxyl groups is 1. The molecule has 10 heteroatoms. The largest absolute Gasteiger partial charge is 0.463 e. The highest BCUT2D eigenvalue weighted by Crippen LogP contribution is 2.31. The van der Waals surface area contributed by atoms with E-state index in [4.69, 9.17) is 24.1 Å². The molecule has 5 atom stereocenters. The lowest BCUT2D eigenvalue weighted by Gasteiger charge is -2.44. The molecule has 1 saturated heterocycles. The summed E-state index contributed by atoms with van der Waals surface area (Å²) in [6.45, 7) is 4.63. The molecular formula is C29H34N2O8. The zero-order valence-corrected chi connectivity index (χ0v) is 22.2. The molecule has 3 unspecified atom stereocenters. The Morgan fingerprint density at radius 2 is 1.74 bits per heavy atom. The number of H-pyrrole nitrogens is 1. The van der Waals surface area contributed by atoms with Crippen LogP contribution in [0.25, 0.3) is 10.9 Å². The highest BCUT2D eigenvalue weighted by atomic mass is 16.7. The molecule has 208 valence electrons. The van der Waals surface area contributed by atoms with Gasteiger partial charge in [0.2, 0.25) is 6.29 Å². The predicted octanol–water partition coefficient (Wildman–Crippen LogP) is 2.87. The van der Waals surface area contributed by atoms with Crippen molar-refractivity contribution in [1.29, 1.82) is 0 Å². The molecule has 39 heavy (non-hydrogen) atoms. The summed E-state index contributed by atoms with van der Waals surface area (Å²) < 4.78 is 23.1. The van der Waals surface area contributed by atoms with Crippen LogP contribution in [-0.4, -0.2) is 65.7 Å². The van der Waals surface area contributed by atoms with E-state index < -0.39 is 42.4 Å². The Hall–Kier alpha value is -3.73. The minimum atomic E-state index is -1.18. The van der Waals surface area contributed by atoms with Gasteiger partial charge >= 0.3 is 11.9 Å². The summed E-state index contributed by atoms with van der Waals surface area (Å²) in [5, 5.41) is 13.0. The molecule has 0 aliphatic carbocycles. The highest BCUT2D eigenvalue weighted by Gasteiger charge is 2.47. The topological polar surface area (TPSA) is 136 Å². The van der Waals surface area contributed by atoms with Gasteiger partial charge in [0, 0.05) is 37.3 Å². The fourth-order valence-corrected chi connectivity index (χ4v) is 4.68. The zero-order chi connectivity index (χ0) is 27.9. The van der Waals surface area contributed by atoms with Gasteiger partial charge in [-0.3, -0.25) is 14.4 Å². The number of benzene rings is 2. The van der Waals surface area contributed by atoms with Crippen molar-refractivity contribution in [3.05, 3.63) is 71.4 Å². The summed E-state index contributed by atoms with van der Waals surface area (Å²) >= 11 is 0. The van der Waals surface area contributed by atoms with E-state index in [0.717, 1.165) is 22.0 Å². The van der Waals surface area contributed by atoms with Crippen molar-refractivity contribution >= 4 is 28.7 Å². The van der Waals surface area contributed by atoms with Crippen molar-refractivity contribution in [3.63, 3.8) is 0 Å². The zero-order valence-electron chi connectivity index (χ0n) is 22.2. The normalized spacial score (nSPS) is 22.8. The third kappa shape index (κ3) is 7.23. The first kappa shape index (κ1) is 28.3. The van der Waals surface area contributed by atoms with Crippen molar-refractivity contribution in [1.82, 2.24) is 10.3 Å². The van der Waals surface area contributed by atoms with E-state index in [-0.39, 0.29) is 25.7 Å². The molecule has 4 rings (SSSR count). The molecule has 3 N–H and O–H groups in total. The second kappa shape index (κ2) is 12.9. The molecule has 0 bridgehead atoms. The molecule has 1 aliphatic rings. The van der Waals surface area contributed by atoms with Crippen molar-refractivity contribution in [3.8, 4) is 0 Å². The van der Waals surface area contributed by atoms with Crippen LogP contribution in [0.3, 0.4) is 0 Å². The lowest BCUT2D eigenvalue weighted by Crippen LogP contribution is -2.63. The Kier molecular flexibility index (Phi) is 9.34. The molecule has 0 radical (unpaired) electrons. The van der Waals surface area contributed by atoms with Crippen LogP contribution >= 0.6 is 0 Å². The van der Waals surface area contributed by atoms with Crippen LogP contribution in [0.5, 0.6) is 0 Å². The van der Waals surface area contributed by atoms with Crippen LogP contribution < -0.4 is 5.32 Å². The van der Waals surface area contributed by atoms with E-state index in [1.165, 1.54) is 13.8 Å². The molecule has 3 aromatic rings. The van der Waals surface area contributed by atoms with Gasteiger partial charge in [-0.15, -0.1) is 0 Å². The van der Waals surface area contributed by atoms with Gasteiger partial charge in [-0.05, 0) is 29.7 Å². The molecule has 2 heterocycles. The Bertz CT molecular complexity index is 1250.